The van der Waals surface area contributed by atoms with E-state index in [4.69, 9.17) is 0 Å². The van der Waals surface area contributed by atoms with E-state index in [-0.39, 0.29) is 5.78 Å². The summed E-state index contributed by atoms with van der Waals surface area (Å²) in [5, 5.41) is 4.31. The lowest BCUT2D eigenvalue weighted by molar-refractivity contribution is 0.0987. The van der Waals surface area contributed by atoms with E-state index in [0.717, 1.165) is 22.5 Å². The molecule has 17 heavy (non-hydrogen) atoms. The van der Waals surface area contributed by atoms with Crippen molar-refractivity contribution in [3.63, 3.8) is 0 Å². The summed E-state index contributed by atoms with van der Waals surface area (Å²) in [5.74, 6) is 0.141. The minimum Gasteiger partial charge on any atom is -0.294 e. The van der Waals surface area contributed by atoms with Crippen LogP contribution in [0.15, 0.2) is 30.5 Å². The van der Waals surface area contributed by atoms with Gasteiger partial charge in [-0.15, -0.1) is 0 Å². The highest BCUT2D eigenvalue weighted by Crippen LogP contribution is 2.18. The molecule has 1 aromatic heterocycles. The fourth-order valence-electron chi connectivity index (χ4n) is 1.92. The van der Waals surface area contributed by atoms with Gasteiger partial charge in [-0.05, 0) is 25.5 Å². The highest BCUT2D eigenvalue weighted by atomic mass is 16.1. The second-order valence-corrected chi connectivity index (χ2v) is 4.12. The van der Waals surface area contributed by atoms with Gasteiger partial charge in [-0.25, -0.2) is 4.68 Å². The van der Waals surface area contributed by atoms with Gasteiger partial charge in [0.2, 0.25) is 0 Å². The Morgan fingerprint density at radius 2 is 2.00 bits per heavy atom. The molecule has 2 aromatic rings. The van der Waals surface area contributed by atoms with Gasteiger partial charge in [-0.1, -0.05) is 25.1 Å². The second-order valence-electron chi connectivity index (χ2n) is 4.12. The van der Waals surface area contributed by atoms with Gasteiger partial charge in [-0.3, -0.25) is 4.79 Å². The minimum absolute atomic E-state index is 0.141. The van der Waals surface area contributed by atoms with Crippen LogP contribution in [0.4, 0.5) is 0 Å². The number of carbonyl (C=O) groups is 1. The predicted octanol–water partition coefficient (Wildman–Crippen LogP) is 3.08. The highest BCUT2D eigenvalue weighted by Gasteiger charge is 2.13. The molecule has 0 unspecified atom stereocenters. The first kappa shape index (κ1) is 11.6. The van der Waals surface area contributed by atoms with E-state index in [0.29, 0.717) is 6.42 Å². The Labute approximate surface area is 101 Å². The number of nitrogens with zero attached hydrogens (tertiary/aromatic N) is 2. The molecule has 0 aliphatic carbocycles. The van der Waals surface area contributed by atoms with Crippen LogP contribution in [-0.2, 0) is 0 Å². The van der Waals surface area contributed by atoms with Gasteiger partial charge in [-0.2, -0.15) is 5.10 Å². The zero-order valence-corrected chi connectivity index (χ0v) is 10.4. The van der Waals surface area contributed by atoms with Gasteiger partial charge in [0, 0.05) is 6.42 Å². The zero-order chi connectivity index (χ0) is 12.4. The Kier molecular flexibility index (Phi) is 3.09. The summed E-state index contributed by atoms with van der Waals surface area (Å²) >= 11 is 0. The van der Waals surface area contributed by atoms with Crippen LogP contribution >= 0.6 is 0 Å². The number of benzene rings is 1. The smallest absolute Gasteiger partial charge is 0.166 e. The summed E-state index contributed by atoms with van der Waals surface area (Å²) < 4.78 is 1.83. The van der Waals surface area contributed by atoms with Crippen LogP contribution in [0.3, 0.4) is 0 Å². The summed E-state index contributed by atoms with van der Waals surface area (Å²) in [6.45, 7) is 5.84. The maximum atomic E-state index is 11.7. The largest absolute Gasteiger partial charge is 0.294 e. The molecule has 3 nitrogen and oxygen atoms in total. The lowest BCUT2D eigenvalue weighted by Crippen LogP contribution is -2.03. The maximum absolute atomic E-state index is 11.7. The van der Waals surface area contributed by atoms with Crippen molar-refractivity contribution in [2.45, 2.75) is 27.2 Å². The van der Waals surface area contributed by atoms with Gasteiger partial charge in [0.1, 0.15) is 0 Å². The van der Waals surface area contributed by atoms with E-state index >= 15 is 0 Å². The third kappa shape index (κ3) is 2.00. The van der Waals surface area contributed by atoms with E-state index in [1.807, 2.05) is 49.7 Å². The topological polar surface area (TPSA) is 34.9 Å². The molecule has 0 saturated heterocycles. The monoisotopic (exact) mass is 228 g/mol. The molecule has 1 aromatic carbocycles. The second kappa shape index (κ2) is 4.53. The molecule has 0 fully saturated rings. The molecule has 2 rings (SSSR count). The summed E-state index contributed by atoms with van der Waals surface area (Å²) in [7, 11) is 0. The summed E-state index contributed by atoms with van der Waals surface area (Å²) in [5.41, 5.74) is 3.80. The van der Waals surface area contributed by atoms with Crippen LogP contribution in [0.1, 0.15) is 35.0 Å². The average Bonchev–Trinajstić information content (AvgIpc) is 2.71. The normalized spacial score (nSPS) is 10.5. The molecule has 0 bridgehead atoms. The van der Waals surface area contributed by atoms with Gasteiger partial charge in [0.15, 0.2) is 5.78 Å². The SMILES string of the molecule is CCC(=O)c1cnn(-c2ccccc2C)c1C. The van der Waals surface area contributed by atoms with Crippen LogP contribution in [0, 0.1) is 13.8 Å². The Morgan fingerprint density at radius 3 is 2.65 bits per heavy atom. The van der Waals surface area contributed by atoms with Gasteiger partial charge in [0.25, 0.3) is 0 Å². The standard InChI is InChI=1S/C14H16N2O/c1-4-14(17)12-9-15-16(11(12)3)13-8-6-5-7-10(13)2/h5-9H,4H2,1-3H3. The highest BCUT2D eigenvalue weighted by molar-refractivity contribution is 5.96. The van der Waals surface area contributed by atoms with E-state index in [1.165, 1.54) is 0 Å². The number of Topliss-reactive ketones (excluding diaryl/α,β-unsaturated/α-hetero) is 1. The molecule has 0 atom stereocenters. The molecule has 0 aliphatic rings. The van der Waals surface area contributed by atoms with E-state index < -0.39 is 0 Å². The Bertz CT molecular complexity index is 555. The zero-order valence-electron chi connectivity index (χ0n) is 10.4. The maximum Gasteiger partial charge on any atom is 0.166 e. The van der Waals surface area contributed by atoms with Gasteiger partial charge in [0.05, 0.1) is 23.1 Å². The van der Waals surface area contributed by atoms with Crippen molar-refractivity contribution in [1.29, 1.82) is 0 Å². The van der Waals surface area contributed by atoms with Crippen molar-refractivity contribution >= 4 is 5.78 Å². The molecule has 0 radical (unpaired) electrons. The number of ketones is 1. The molecular formula is C14H16N2O. The van der Waals surface area contributed by atoms with Crippen LogP contribution < -0.4 is 0 Å². The molecule has 88 valence electrons. The number of aryl methyl sites for hydroxylation is 1. The van der Waals surface area contributed by atoms with Crippen molar-refractivity contribution in [1.82, 2.24) is 9.78 Å². The molecule has 0 spiro atoms. The lowest BCUT2D eigenvalue weighted by Gasteiger charge is -2.08. The van der Waals surface area contributed by atoms with Crippen molar-refractivity contribution < 1.29 is 4.79 Å². The number of hydrogen-bond acceptors (Lipinski definition) is 2. The van der Waals surface area contributed by atoms with Crippen molar-refractivity contribution in [3.8, 4) is 5.69 Å². The molecule has 0 amide bonds. The molecule has 0 N–H and O–H groups in total. The predicted molar refractivity (Wildman–Crippen MR) is 67.7 cm³/mol. The van der Waals surface area contributed by atoms with Crippen LogP contribution in [0.25, 0.3) is 5.69 Å². The van der Waals surface area contributed by atoms with Crippen LogP contribution in [0.5, 0.6) is 0 Å². The first-order valence-corrected chi connectivity index (χ1v) is 5.79. The van der Waals surface area contributed by atoms with Gasteiger partial charge < -0.3 is 0 Å². The fourth-order valence-corrected chi connectivity index (χ4v) is 1.92. The number of carbonyl (C=O) groups excluding carboxylic acids is 1. The number of hydrogen-bond donors (Lipinski definition) is 0. The molecule has 3 heteroatoms. The molecule has 0 saturated carbocycles. The molecule has 0 aliphatic heterocycles. The van der Waals surface area contributed by atoms with E-state index in [1.54, 1.807) is 6.20 Å². The van der Waals surface area contributed by atoms with E-state index in [9.17, 15) is 4.79 Å². The van der Waals surface area contributed by atoms with Crippen molar-refractivity contribution in [2.24, 2.45) is 0 Å². The average molecular weight is 228 g/mol. The number of aromatic nitrogens is 2. The van der Waals surface area contributed by atoms with E-state index in [2.05, 4.69) is 5.10 Å². The number of rotatable bonds is 3. The van der Waals surface area contributed by atoms with Crippen molar-refractivity contribution in [2.75, 3.05) is 0 Å². The lowest BCUT2D eigenvalue weighted by atomic mass is 10.1. The number of para-hydroxylation sites is 1. The van der Waals surface area contributed by atoms with Gasteiger partial charge >= 0.3 is 0 Å². The molecule has 1 heterocycles. The first-order valence-electron chi connectivity index (χ1n) is 5.79. The van der Waals surface area contributed by atoms with Crippen LogP contribution in [-0.4, -0.2) is 15.6 Å². The summed E-state index contributed by atoms with van der Waals surface area (Å²) in [6.07, 6.45) is 2.17. The fraction of sp³-hybridized carbons (Fsp3) is 0.286. The molecular weight excluding hydrogens is 212 g/mol. The Morgan fingerprint density at radius 1 is 1.29 bits per heavy atom. The minimum atomic E-state index is 0.141. The third-order valence-corrected chi connectivity index (χ3v) is 2.97. The summed E-state index contributed by atoms with van der Waals surface area (Å²) in [6, 6.07) is 8.02. The quantitative estimate of drug-likeness (QED) is 0.757. The first-order chi connectivity index (χ1) is 8.15. The Hall–Kier alpha value is -1.90. The van der Waals surface area contributed by atoms with Crippen molar-refractivity contribution in [3.05, 3.63) is 47.3 Å². The van der Waals surface area contributed by atoms with Crippen LogP contribution in [0.2, 0.25) is 0 Å². The third-order valence-electron chi connectivity index (χ3n) is 2.97. The Balaban J connectivity index is 2.52. The summed E-state index contributed by atoms with van der Waals surface area (Å²) in [4.78, 5) is 11.7.